The van der Waals surface area contributed by atoms with Crippen molar-refractivity contribution in [3.8, 4) is 0 Å². The van der Waals surface area contributed by atoms with E-state index in [4.69, 9.17) is 0 Å². The molecule has 4 nitrogen and oxygen atoms in total. The van der Waals surface area contributed by atoms with Crippen molar-refractivity contribution in [1.29, 1.82) is 0 Å². The van der Waals surface area contributed by atoms with Gasteiger partial charge in [-0.2, -0.15) is 0 Å². The summed E-state index contributed by atoms with van der Waals surface area (Å²) in [5.74, 6) is -1.35. The van der Waals surface area contributed by atoms with Gasteiger partial charge in [-0.1, -0.05) is 6.92 Å². The first-order valence-electron chi connectivity index (χ1n) is 6.86. The number of pyridine rings is 1. The Balaban J connectivity index is 2.19. The Bertz CT molecular complexity index is 615. The lowest BCUT2D eigenvalue weighted by Gasteiger charge is -2.14. The van der Waals surface area contributed by atoms with E-state index >= 15 is 0 Å². The number of hydrogen-bond donors (Lipinski definition) is 2. The lowest BCUT2D eigenvalue weighted by Crippen LogP contribution is -2.12. The molecule has 0 fully saturated rings. The largest absolute Gasteiger partial charge is 0.368 e. The first-order chi connectivity index (χ1) is 10.0. The number of aryl methyl sites for hydroxylation is 1. The molecule has 0 aliphatic carbocycles. The molecule has 0 bridgehead atoms. The molecule has 7 heteroatoms. The van der Waals surface area contributed by atoms with Crippen molar-refractivity contribution < 1.29 is 8.78 Å². The van der Waals surface area contributed by atoms with Crippen molar-refractivity contribution in [2.24, 2.45) is 0 Å². The van der Waals surface area contributed by atoms with Crippen LogP contribution in [0.4, 0.5) is 20.4 Å². The van der Waals surface area contributed by atoms with Gasteiger partial charge in [0.15, 0.2) is 23.3 Å². The summed E-state index contributed by atoms with van der Waals surface area (Å²) in [7, 11) is 0. The summed E-state index contributed by atoms with van der Waals surface area (Å²) in [5, 5.41) is 6.56. The highest BCUT2D eigenvalue weighted by Gasteiger charge is 2.16. The van der Waals surface area contributed by atoms with E-state index in [1.54, 1.807) is 11.3 Å². The second kappa shape index (κ2) is 6.80. The van der Waals surface area contributed by atoms with E-state index in [0.29, 0.717) is 6.54 Å². The Morgan fingerprint density at radius 2 is 1.95 bits per heavy atom. The summed E-state index contributed by atoms with van der Waals surface area (Å²) in [4.78, 5) is 9.43. The maximum Gasteiger partial charge on any atom is 0.168 e. The monoisotopic (exact) mass is 312 g/mol. The van der Waals surface area contributed by atoms with E-state index in [-0.39, 0.29) is 17.7 Å². The van der Waals surface area contributed by atoms with Crippen molar-refractivity contribution in [3.05, 3.63) is 33.8 Å². The minimum atomic E-state index is -0.715. The number of nitrogens with zero attached hydrogens (tertiary/aromatic N) is 2. The van der Waals surface area contributed by atoms with Crippen molar-refractivity contribution >= 4 is 23.0 Å². The molecule has 0 aromatic carbocycles. The minimum absolute atomic E-state index is 0.0214. The van der Waals surface area contributed by atoms with Crippen LogP contribution in [0.3, 0.4) is 0 Å². The van der Waals surface area contributed by atoms with Gasteiger partial charge in [-0.15, -0.1) is 11.3 Å². The van der Waals surface area contributed by atoms with Crippen molar-refractivity contribution in [2.45, 2.75) is 33.2 Å². The molecule has 0 saturated carbocycles. The third-order valence-electron chi connectivity index (χ3n) is 2.92. The van der Waals surface area contributed by atoms with Gasteiger partial charge in [0.05, 0.1) is 6.04 Å². The molecular weight excluding hydrogens is 294 g/mol. The average molecular weight is 312 g/mol. The first kappa shape index (κ1) is 15.6. The van der Waals surface area contributed by atoms with Gasteiger partial charge < -0.3 is 10.6 Å². The molecule has 2 heterocycles. The molecule has 0 aliphatic rings. The Kier molecular flexibility index (Phi) is 5.06. The second-order valence-electron chi connectivity index (χ2n) is 4.56. The number of rotatable bonds is 6. The van der Waals surface area contributed by atoms with Gasteiger partial charge in [-0.3, -0.25) is 0 Å². The number of halogens is 2. The summed E-state index contributed by atoms with van der Waals surface area (Å²) in [5.41, 5.74) is 0. The van der Waals surface area contributed by atoms with Gasteiger partial charge in [0.25, 0.3) is 0 Å². The fourth-order valence-electron chi connectivity index (χ4n) is 1.81. The number of thiazole rings is 1. The van der Waals surface area contributed by atoms with Crippen LogP contribution in [-0.4, -0.2) is 16.5 Å². The molecule has 0 aliphatic heterocycles. The highest BCUT2D eigenvalue weighted by molar-refractivity contribution is 7.11. The molecule has 0 saturated heterocycles. The van der Waals surface area contributed by atoms with Gasteiger partial charge in [-0.25, -0.2) is 18.7 Å². The lowest BCUT2D eigenvalue weighted by molar-refractivity contribution is 0.576. The molecule has 1 atom stereocenters. The third-order valence-corrected chi connectivity index (χ3v) is 4.24. The summed E-state index contributed by atoms with van der Waals surface area (Å²) in [6, 6.07) is 0.636. The van der Waals surface area contributed by atoms with Crippen LogP contribution in [0.25, 0.3) is 0 Å². The van der Waals surface area contributed by atoms with E-state index in [1.165, 1.54) is 4.88 Å². The number of hydrogen-bond acceptors (Lipinski definition) is 5. The van der Waals surface area contributed by atoms with Crippen LogP contribution in [0, 0.1) is 11.6 Å². The quantitative estimate of drug-likeness (QED) is 0.847. The van der Waals surface area contributed by atoms with E-state index in [2.05, 4.69) is 27.5 Å². The van der Waals surface area contributed by atoms with Gasteiger partial charge in [0.1, 0.15) is 5.01 Å². The first-order valence-corrected chi connectivity index (χ1v) is 7.67. The van der Waals surface area contributed by atoms with Crippen LogP contribution in [0.15, 0.2) is 12.3 Å². The SMILES string of the molecule is CCNc1nc(NC(C)c2ncc(CC)s2)c(F)cc1F. The molecule has 21 heavy (non-hydrogen) atoms. The van der Waals surface area contributed by atoms with Crippen molar-refractivity contribution in [1.82, 2.24) is 9.97 Å². The molecule has 0 radical (unpaired) electrons. The maximum absolute atomic E-state index is 13.8. The molecule has 2 N–H and O–H groups in total. The molecule has 1 unspecified atom stereocenters. The Hall–Kier alpha value is -1.76. The molecule has 2 rings (SSSR count). The van der Waals surface area contributed by atoms with Crippen molar-refractivity contribution in [3.63, 3.8) is 0 Å². The molecule has 2 aromatic heterocycles. The van der Waals surface area contributed by atoms with E-state index in [9.17, 15) is 8.78 Å². The third kappa shape index (κ3) is 3.66. The summed E-state index contributed by atoms with van der Waals surface area (Å²) in [6.45, 7) is 6.26. The zero-order valence-electron chi connectivity index (χ0n) is 12.2. The highest BCUT2D eigenvalue weighted by Crippen LogP contribution is 2.26. The Morgan fingerprint density at radius 3 is 2.57 bits per heavy atom. The van der Waals surface area contributed by atoms with E-state index in [0.717, 1.165) is 17.5 Å². The number of aromatic nitrogens is 2. The molecule has 114 valence electrons. The van der Waals surface area contributed by atoms with Gasteiger partial charge in [0, 0.05) is 23.7 Å². The van der Waals surface area contributed by atoms with Gasteiger partial charge in [0.2, 0.25) is 0 Å². The predicted molar refractivity (Wildman–Crippen MR) is 81.8 cm³/mol. The maximum atomic E-state index is 13.8. The van der Waals surface area contributed by atoms with Crippen LogP contribution in [0.1, 0.15) is 36.7 Å². The summed E-state index contributed by atoms with van der Waals surface area (Å²) in [6.07, 6.45) is 2.73. The van der Waals surface area contributed by atoms with E-state index < -0.39 is 11.6 Å². The fraction of sp³-hybridized carbons (Fsp3) is 0.429. The lowest BCUT2D eigenvalue weighted by atomic mass is 10.3. The smallest absolute Gasteiger partial charge is 0.168 e. The zero-order chi connectivity index (χ0) is 15.4. The highest BCUT2D eigenvalue weighted by atomic mass is 32.1. The topological polar surface area (TPSA) is 49.8 Å². The summed E-state index contributed by atoms with van der Waals surface area (Å²) >= 11 is 1.57. The number of nitrogens with one attached hydrogen (secondary N) is 2. The summed E-state index contributed by atoms with van der Waals surface area (Å²) < 4.78 is 27.3. The average Bonchev–Trinajstić information content (AvgIpc) is 2.93. The minimum Gasteiger partial charge on any atom is -0.368 e. The standard InChI is InChI=1S/C14H18F2N4S/c1-4-9-7-18-14(21-9)8(3)19-13-11(16)6-10(15)12(20-13)17-5-2/h6-8H,4-5H2,1-3H3,(H2,17,19,20). The van der Waals surface area contributed by atoms with E-state index in [1.807, 2.05) is 20.0 Å². The molecule has 2 aromatic rings. The van der Waals surface area contributed by atoms with Crippen LogP contribution in [0.5, 0.6) is 0 Å². The zero-order valence-corrected chi connectivity index (χ0v) is 13.0. The molecular formula is C14H18F2N4S. The normalized spacial score (nSPS) is 12.2. The Labute approximate surface area is 126 Å². The van der Waals surface area contributed by atoms with Crippen LogP contribution in [-0.2, 0) is 6.42 Å². The predicted octanol–water partition coefficient (Wildman–Crippen LogP) is 3.98. The van der Waals surface area contributed by atoms with Crippen LogP contribution in [0.2, 0.25) is 0 Å². The second-order valence-corrected chi connectivity index (χ2v) is 5.71. The molecule has 0 amide bonds. The van der Waals surface area contributed by atoms with Crippen LogP contribution >= 0.6 is 11.3 Å². The van der Waals surface area contributed by atoms with Gasteiger partial charge >= 0.3 is 0 Å². The molecule has 0 spiro atoms. The van der Waals surface area contributed by atoms with Gasteiger partial charge in [-0.05, 0) is 20.3 Å². The Morgan fingerprint density at radius 1 is 1.24 bits per heavy atom. The van der Waals surface area contributed by atoms with Crippen LogP contribution < -0.4 is 10.6 Å². The van der Waals surface area contributed by atoms with Crippen molar-refractivity contribution in [2.75, 3.05) is 17.2 Å². The fourth-order valence-corrected chi connectivity index (χ4v) is 2.67. The number of anilines is 2.